The number of benzene rings is 1. The second kappa shape index (κ2) is 7.17. The fourth-order valence-electron chi connectivity index (χ4n) is 2.77. The van der Waals surface area contributed by atoms with Gasteiger partial charge in [0.05, 0.1) is 6.10 Å². The van der Waals surface area contributed by atoms with Crippen molar-refractivity contribution in [3.8, 4) is 0 Å². The molecule has 0 radical (unpaired) electrons. The lowest BCUT2D eigenvalue weighted by atomic mass is 10.0. The molecule has 0 aliphatic carbocycles. The first-order chi connectivity index (χ1) is 10.4. The molecule has 1 aliphatic heterocycles. The van der Waals surface area contributed by atoms with Gasteiger partial charge in [-0.3, -0.25) is 9.69 Å². The van der Waals surface area contributed by atoms with E-state index in [1.54, 1.807) is 17.9 Å². The first-order valence-corrected chi connectivity index (χ1v) is 7.52. The summed E-state index contributed by atoms with van der Waals surface area (Å²) in [5.74, 6) is -0.562. The molecule has 0 spiro atoms. The molecule has 5 nitrogen and oxygen atoms in total. The topological polar surface area (TPSA) is 64.0 Å². The molecule has 1 saturated heterocycles. The molecule has 1 aromatic rings. The van der Waals surface area contributed by atoms with Crippen molar-refractivity contribution in [1.29, 1.82) is 0 Å². The lowest BCUT2D eigenvalue weighted by Crippen LogP contribution is -2.51. The quantitative estimate of drug-likeness (QED) is 0.859. The fourth-order valence-corrected chi connectivity index (χ4v) is 2.77. The minimum atomic E-state index is -0.973. The normalized spacial score (nSPS) is 19.0. The van der Waals surface area contributed by atoms with Crippen molar-refractivity contribution in [1.82, 2.24) is 9.80 Å². The van der Waals surface area contributed by atoms with Gasteiger partial charge < -0.3 is 15.1 Å². The lowest BCUT2D eigenvalue weighted by Gasteiger charge is -2.36. The highest BCUT2D eigenvalue weighted by atomic mass is 19.1. The van der Waals surface area contributed by atoms with Gasteiger partial charge in [-0.1, -0.05) is 6.07 Å². The van der Waals surface area contributed by atoms with E-state index in [-0.39, 0.29) is 11.7 Å². The van der Waals surface area contributed by atoms with Crippen molar-refractivity contribution in [2.45, 2.75) is 26.1 Å². The summed E-state index contributed by atoms with van der Waals surface area (Å²) in [6.45, 7) is 6.07. The summed E-state index contributed by atoms with van der Waals surface area (Å²) in [4.78, 5) is 15.4. The van der Waals surface area contributed by atoms with Crippen LogP contribution in [0.1, 0.15) is 24.2 Å². The number of carbonyl (C=O) groups excluding carboxylic acids is 1. The first kappa shape index (κ1) is 16.9. The molecule has 2 unspecified atom stereocenters. The van der Waals surface area contributed by atoms with Crippen molar-refractivity contribution in [3.63, 3.8) is 0 Å². The third-order valence-electron chi connectivity index (χ3n) is 4.06. The maximum absolute atomic E-state index is 13.1. The number of nitrogens with zero attached hydrogens (tertiary/aromatic N) is 2. The van der Waals surface area contributed by atoms with Crippen molar-refractivity contribution in [2.75, 3.05) is 32.7 Å². The molecule has 0 saturated carbocycles. The fraction of sp³-hybridized carbons (Fsp3) is 0.562. The second-order valence-corrected chi connectivity index (χ2v) is 5.82. The van der Waals surface area contributed by atoms with E-state index >= 15 is 0 Å². The molecule has 1 aromatic carbocycles. The Morgan fingerprint density at radius 1 is 1.27 bits per heavy atom. The van der Waals surface area contributed by atoms with Crippen LogP contribution in [-0.4, -0.2) is 64.7 Å². The molecule has 6 heteroatoms. The standard InChI is InChI=1S/C16H23FN2O3/c1-11-9-13(17)3-4-14(11)15(21)10-18-5-7-19(8-6-18)16(22)12(2)20/h3-4,9,12,15,20-21H,5-8,10H2,1-2H3. The Labute approximate surface area is 130 Å². The van der Waals surface area contributed by atoms with Crippen LogP contribution in [0.25, 0.3) is 0 Å². The summed E-state index contributed by atoms with van der Waals surface area (Å²) in [7, 11) is 0. The number of aliphatic hydroxyl groups excluding tert-OH is 2. The van der Waals surface area contributed by atoms with Crippen molar-refractivity contribution in [2.24, 2.45) is 0 Å². The molecule has 2 atom stereocenters. The van der Waals surface area contributed by atoms with Crippen molar-refractivity contribution in [3.05, 3.63) is 35.1 Å². The summed E-state index contributed by atoms with van der Waals surface area (Å²) in [5.41, 5.74) is 1.46. The summed E-state index contributed by atoms with van der Waals surface area (Å²) in [6.07, 6.45) is -1.65. The Hall–Kier alpha value is -1.50. The number of aryl methyl sites for hydroxylation is 1. The number of rotatable bonds is 4. The summed E-state index contributed by atoms with van der Waals surface area (Å²) in [5, 5.41) is 19.6. The Balaban J connectivity index is 1.89. The predicted molar refractivity (Wildman–Crippen MR) is 80.8 cm³/mol. The first-order valence-electron chi connectivity index (χ1n) is 7.52. The van der Waals surface area contributed by atoms with Gasteiger partial charge in [0.25, 0.3) is 5.91 Å². The van der Waals surface area contributed by atoms with E-state index in [0.717, 1.165) is 11.1 Å². The molecule has 122 valence electrons. The van der Waals surface area contributed by atoms with Gasteiger partial charge in [-0.15, -0.1) is 0 Å². The van der Waals surface area contributed by atoms with E-state index in [1.165, 1.54) is 19.1 Å². The average molecular weight is 310 g/mol. The van der Waals surface area contributed by atoms with Crippen LogP contribution in [0, 0.1) is 12.7 Å². The summed E-state index contributed by atoms with van der Waals surface area (Å²) in [6, 6.07) is 4.38. The number of piperazine rings is 1. The van der Waals surface area contributed by atoms with Gasteiger partial charge in [0.15, 0.2) is 0 Å². The zero-order chi connectivity index (χ0) is 16.3. The lowest BCUT2D eigenvalue weighted by molar-refractivity contribution is -0.141. The number of aliphatic hydroxyl groups is 2. The van der Waals surface area contributed by atoms with Crippen LogP contribution in [0.5, 0.6) is 0 Å². The molecular weight excluding hydrogens is 287 g/mol. The van der Waals surface area contributed by atoms with Gasteiger partial charge in [-0.2, -0.15) is 0 Å². The van der Waals surface area contributed by atoms with Crippen molar-refractivity contribution >= 4 is 5.91 Å². The van der Waals surface area contributed by atoms with E-state index in [9.17, 15) is 19.4 Å². The average Bonchev–Trinajstić information content (AvgIpc) is 2.47. The SMILES string of the molecule is Cc1cc(F)ccc1C(O)CN1CCN(C(=O)C(C)O)CC1. The molecule has 1 heterocycles. The van der Waals surface area contributed by atoms with Crippen LogP contribution in [-0.2, 0) is 4.79 Å². The monoisotopic (exact) mass is 310 g/mol. The highest BCUT2D eigenvalue weighted by Crippen LogP contribution is 2.20. The highest BCUT2D eigenvalue weighted by molar-refractivity contribution is 5.80. The van der Waals surface area contributed by atoms with Gasteiger partial charge >= 0.3 is 0 Å². The summed E-state index contributed by atoms with van der Waals surface area (Å²) < 4.78 is 13.1. The third-order valence-corrected chi connectivity index (χ3v) is 4.06. The van der Waals surface area contributed by atoms with E-state index in [4.69, 9.17) is 0 Å². The number of hydrogen-bond acceptors (Lipinski definition) is 4. The maximum atomic E-state index is 13.1. The number of carbonyl (C=O) groups is 1. The van der Waals surface area contributed by atoms with Crippen LogP contribution in [0.15, 0.2) is 18.2 Å². The van der Waals surface area contributed by atoms with Gasteiger partial charge in [0.2, 0.25) is 0 Å². The van der Waals surface area contributed by atoms with Gasteiger partial charge in [-0.25, -0.2) is 4.39 Å². The number of halogens is 1. The Kier molecular flexibility index (Phi) is 5.50. The predicted octanol–water partition coefficient (Wildman–Crippen LogP) is 0.693. The van der Waals surface area contributed by atoms with E-state index < -0.39 is 12.2 Å². The zero-order valence-corrected chi connectivity index (χ0v) is 13.0. The van der Waals surface area contributed by atoms with Crippen LogP contribution in [0.2, 0.25) is 0 Å². The van der Waals surface area contributed by atoms with Crippen LogP contribution < -0.4 is 0 Å². The third kappa shape index (κ3) is 4.03. The molecule has 1 amide bonds. The minimum absolute atomic E-state index is 0.255. The molecule has 1 aliphatic rings. The minimum Gasteiger partial charge on any atom is -0.387 e. The van der Waals surface area contributed by atoms with Gasteiger partial charge in [0.1, 0.15) is 11.9 Å². The Morgan fingerprint density at radius 3 is 2.45 bits per heavy atom. The molecule has 0 bridgehead atoms. The van der Waals surface area contributed by atoms with Gasteiger partial charge in [-0.05, 0) is 37.1 Å². The number of amides is 1. The second-order valence-electron chi connectivity index (χ2n) is 5.82. The van der Waals surface area contributed by atoms with Crippen molar-refractivity contribution < 1.29 is 19.4 Å². The smallest absolute Gasteiger partial charge is 0.251 e. The number of β-amino-alcohol motifs (C(OH)–C–C–N with tert-alkyl or cyclic N) is 1. The molecule has 1 fully saturated rings. The van der Waals surface area contributed by atoms with Crippen LogP contribution in [0.3, 0.4) is 0 Å². The summed E-state index contributed by atoms with van der Waals surface area (Å²) >= 11 is 0. The Morgan fingerprint density at radius 2 is 1.91 bits per heavy atom. The Bertz CT molecular complexity index is 528. The molecule has 22 heavy (non-hydrogen) atoms. The van der Waals surface area contributed by atoms with Gasteiger partial charge in [0, 0.05) is 32.7 Å². The molecule has 2 rings (SSSR count). The molecular formula is C16H23FN2O3. The highest BCUT2D eigenvalue weighted by Gasteiger charge is 2.25. The van der Waals surface area contributed by atoms with E-state index in [2.05, 4.69) is 4.90 Å². The maximum Gasteiger partial charge on any atom is 0.251 e. The largest absolute Gasteiger partial charge is 0.387 e. The van der Waals surface area contributed by atoms with E-state index in [0.29, 0.717) is 32.7 Å². The number of hydrogen-bond donors (Lipinski definition) is 2. The zero-order valence-electron chi connectivity index (χ0n) is 13.0. The van der Waals surface area contributed by atoms with E-state index in [1.807, 2.05) is 0 Å². The van der Waals surface area contributed by atoms with Crippen LogP contribution in [0.4, 0.5) is 4.39 Å². The van der Waals surface area contributed by atoms with Crippen LogP contribution >= 0.6 is 0 Å². The molecule has 0 aromatic heterocycles. The molecule has 2 N–H and O–H groups in total.